The van der Waals surface area contributed by atoms with E-state index in [0.29, 0.717) is 0 Å². The van der Waals surface area contributed by atoms with Gasteiger partial charge in [-0.1, -0.05) is 17.7 Å². The summed E-state index contributed by atoms with van der Waals surface area (Å²) in [5, 5.41) is 0. The van der Waals surface area contributed by atoms with Crippen molar-refractivity contribution in [2.24, 2.45) is 0 Å². The molecule has 0 fully saturated rings. The zero-order chi connectivity index (χ0) is 14.6. The molecule has 0 aliphatic carbocycles. The number of benzene rings is 1. The molecule has 0 unspecified atom stereocenters. The monoisotopic (exact) mass is 293 g/mol. The summed E-state index contributed by atoms with van der Waals surface area (Å²) in [4.78, 5) is 1.34. The molecule has 0 heterocycles. The molecule has 0 atom stereocenters. The maximum Gasteiger partial charge on any atom is 0.401 e. The Morgan fingerprint density at radius 3 is 2.05 bits per heavy atom. The Morgan fingerprint density at radius 1 is 1.11 bits per heavy atom. The van der Waals surface area contributed by atoms with E-state index in [1.807, 2.05) is 32.9 Å². The lowest BCUT2D eigenvalue weighted by atomic mass is 9.99. The molecule has 0 amide bonds. The maximum atomic E-state index is 12.5. The van der Waals surface area contributed by atoms with E-state index in [2.05, 4.69) is 0 Å². The third kappa shape index (κ3) is 5.41. The minimum absolute atomic E-state index is 0.194. The Morgan fingerprint density at radius 2 is 1.63 bits per heavy atom. The third-order valence-corrected chi connectivity index (χ3v) is 3.19. The van der Waals surface area contributed by atoms with Crippen molar-refractivity contribution >= 4 is 11.6 Å². The van der Waals surface area contributed by atoms with Crippen molar-refractivity contribution in [3.8, 4) is 0 Å². The fourth-order valence-corrected chi connectivity index (χ4v) is 2.51. The molecule has 0 aliphatic rings. The van der Waals surface area contributed by atoms with Gasteiger partial charge in [-0.15, -0.1) is 11.6 Å². The van der Waals surface area contributed by atoms with Crippen LogP contribution in [0.15, 0.2) is 12.1 Å². The van der Waals surface area contributed by atoms with Crippen molar-refractivity contribution < 1.29 is 13.2 Å². The van der Waals surface area contributed by atoms with Crippen LogP contribution >= 0.6 is 11.6 Å². The molecule has 0 saturated carbocycles. The van der Waals surface area contributed by atoms with Crippen molar-refractivity contribution in [3.63, 3.8) is 0 Å². The zero-order valence-corrected chi connectivity index (χ0v) is 12.2. The van der Waals surface area contributed by atoms with Crippen LogP contribution in [-0.2, 0) is 6.54 Å². The average Bonchev–Trinajstić information content (AvgIpc) is 2.21. The number of hydrogen-bond acceptors (Lipinski definition) is 1. The molecular formula is C14H19ClF3N. The minimum atomic E-state index is -4.20. The van der Waals surface area contributed by atoms with Crippen molar-refractivity contribution in [3.05, 3.63) is 34.4 Å². The van der Waals surface area contributed by atoms with E-state index >= 15 is 0 Å². The van der Waals surface area contributed by atoms with Crippen LogP contribution in [0.3, 0.4) is 0 Å². The predicted molar refractivity (Wildman–Crippen MR) is 72.7 cm³/mol. The Kier molecular flexibility index (Phi) is 5.68. The second-order valence-corrected chi connectivity index (χ2v) is 5.27. The molecule has 108 valence electrons. The summed E-state index contributed by atoms with van der Waals surface area (Å²) in [5.41, 5.74) is 4.14. The fraction of sp³-hybridized carbons (Fsp3) is 0.571. The van der Waals surface area contributed by atoms with Gasteiger partial charge >= 0.3 is 6.18 Å². The molecule has 0 aromatic heterocycles. The van der Waals surface area contributed by atoms with Crippen LogP contribution in [0.25, 0.3) is 0 Å². The highest BCUT2D eigenvalue weighted by atomic mass is 35.5. The first kappa shape index (κ1) is 16.3. The lowest BCUT2D eigenvalue weighted by Gasteiger charge is -2.24. The quantitative estimate of drug-likeness (QED) is 0.735. The van der Waals surface area contributed by atoms with Gasteiger partial charge in [-0.2, -0.15) is 13.2 Å². The summed E-state index contributed by atoms with van der Waals surface area (Å²) in [5.74, 6) is 0.194. The van der Waals surface area contributed by atoms with Gasteiger partial charge in [0, 0.05) is 19.0 Å². The van der Waals surface area contributed by atoms with E-state index in [1.165, 1.54) is 4.90 Å². The highest BCUT2D eigenvalue weighted by molar-refractivity contribution is 6.18. The van der Waals surface area contributed by atoms with Crippen molar-refractivity contribution in [2.75, 3.05) is 19.0 Å². The molecule has 1 nitrogen and oxygen atoms in total. The Bertz CT molecular complexity index is 406. The second kappa shape index (κ2) is 6.62. The summed E-state index contributed by atoms with van der Waals surface area (Å²) < 4.78 is 37.5. The number of halogens is 4. The molecule has 1 aromatic rings. The van der Waals surface area contributed by atoms with Crippen LogP contribution in [0, 0.1) is 20.8 Å². The fourth-order valence-electron chi connectivity index (χ4n) is 2.27. The molecule has 0 bridgehead atoms. The van der Waals surface area contributed by atoms with Crippen LogP contribution in [0.5, 0.6) is 0 Å². The van der Waals surface area contributed by atoms with Crippen LogP contribution in [-0.4, -0.2) is 30.0 Å². The number of nitrogens with zero attached hydrogens (tertiary/aromatic N) is 1. The Balaban J connectivity index is 2.90. The SMILES string of the molecule is Cc1cc(C)c(CN(CCCl)CC(F)(F)F)c(C)c1. The number of hydrogen-bond donors (Lipinski definition) is 0. The normalized spacial score (nSPS) is 12.2. The lowest BCUT2D eigenvalue weighted by Crippen LogP contribution is -2.35. The molecule has 0 aliphatic heterocycles. The second-order valence-electron chi connectivity index (χ2n) is 4.89. The number of aryl methyl sites for hydroxylation is 3. The average molecular weight is 294 g/mol. The summed E-state index contributed by atoms with van der Waals surface area (Å²) >= 11 is 5.59. The summed E-state index contributed by atoms with van der Waals surface area (Å²) in [7, 11) is 0. The van der Waals surface area contributed by atoms with Gasteiger partial charge in [0.15, 0.2) is 0 Å². The van der Waals surface area contributed by atoms with Gasteiger partial charge in [-0.3, -0.25) is 4.90 Å². The number of alkyl halides is 4. The van der Waals surface area contributed by atoms with Gasteiger partial charge in [-0.25, -0.2) is 0 Å². The van der Waals surface area contributed by atoms with E-state index in [0.717, 1.165) is 22.3 Å². The lowest BCUT2D eigenvalue weighted by molar-refractivity contribution is -0.146. The Hall–Kier alpha value is -0.740. The van der Waals surface area contributed by atoms with Crippen molar-refractivity contribution in [1.82, 2.24) is 4.90 Å². The first-order chi connectivity index (χ1) is 8.73. The predicted octanol–water partition coefficient (Wildman–Crippen LogP) is 4.21. The number of rotatable bonds is 5. The van der Waals surface area contributed by atoms with Crippen LogP contribution in [0.1, 0.15) is 22.3 Å². The molecular weight excluding hydrogens is 275 g/mol. The molecule has 5 heteroatoms. The van der Waals surface area contributed by atoms with E-state index in [4.69, 9.17) is 11.6 Å². The maximum absolute atomic E-state index is 12.5. The highest BCUT2D eigenvalue weighted by Gasteiger charge is 2.30. The topological polar surface area (TPSA) is 3.24 Å². The standard InChI is InChI=1S/C14H19ClF3N/c1-10-6-11(2)13(12(3)7-10)8-19(5-4-15)9-14(16,17)18/h6-7H,4-5,8-9H2,1-3H3. The molecule has 0 spiro atoms. The van der Waals surface area contributed by atoms with E-state index in [1.54, 1.807) is 0 Å². The van der Waals surface area contributed by atoms with Crippen LogP contribution in [0.2, 0.25) is 0 Å². The highest BCUT2D eigenvalue weighted by Crippen LogP contribution is 2.22. The molecule has 0 N–H and O–H groups in total. The largest absolute Gasteiger partial charge is 0.401 e. The summed E-state index contributed by atoms with van der Waals surface area (Å²) in [6, 6.07) is 3.99. The van der Waals surface area contributed by atoms with Crippen molar-refractivity contribution in [2.45, 2.75) is 33.5 Å². The van der Waals surface area contributed by atoms with Gasteiger partial charge in [0.25, 0.3) is 0 Å². The van der Waals surface area contributed by atoms with Gasteiger partial charge in [0.1, 0.15) is 0 Å². The smallest absolute Gasteiger partial charge is 0.289 e. The molecule has 1 aromatic carbocycles. The summed E-state index contributed by atoms with van der Waals surface area (Å²) in [6.45, 7) is 5.43. The summed E-state index contributed by atoms with van der Waals surface area (Å²) in [6.07, 6.45) is -4.20. The van der Waals surface area contributed by atoms with E-state index in [-0.39, 0.29) is 19.0 Å². The van der Waals surface area contributed by atoms with Gasteiger partial charge in [0.05, 0.1) is 6.54 Å². The van der Waals surface area contributed by atoms with Crippen LogP contribution in [0.4, 0.5) is 13.2 Å². The Labute approximate surface area is 117 Å². The molecule has 19 heavy (non-hydrogen) atoms. The van der Waals surface area contributed by atoms with E-state index < -0.39 is 12.7 Å². The minimum Gasteiger partial charge on any atom is -0.289 e. The molecule has 0 saturated heterocycles. The first-order valence-corrected chi connectivity index (χ1v) is 6.68. The molecule has 1 rings (SSSR count). The van der Waals surface area contributed by atoms with Gasteiger partial charge in [-0.05, 0) is 37.5 Å². The van der Waals surface area contributed by atoms with Gasteiger partial charge in [0.2, 0.25) is 0 Å². The first-order valence-electron chi connectivity index (χ1n) is 6.14. The van der Waals surface area contributed by atoms with E-state index in [9.17, 15) is 13.2 Å². The van der Waals surface area contributed by atoms with Crippen LogP contribution < -0.4 is 0 Å². The van der Waals surface area contributed by atoms with Crippen molar-refractivity contribution in [1.29, 1.82) is 0 Å². The zero-order valence-electron chi connectivity index (χ0n) is 11.4. The van der Waals surface area contributed by atoms with Gasteiger partial charge < -0.3 is 0 Å². The third-order valence-electron chi connectivity index (χ3n) is 3.03. The molecule has 0 radical (unpaired) electrons.